The van der Waals surface area contributed by atoms with Crippen LogP contribution < -0.4 is 10.5 Å². The first-order valence-corrected chi connectivity index (χ1v) is 10.3. The predicted molar refractivity (Wildman–Crippen MR) is 109 cm³/mol. The van der Waals surface area contributed by atoms with Gasteiger partial charge in [0, 0.05) is 38.0 Å². The monoisotopic (exact) mass is 387 g/mol. The highest BCUT2D eigenvalue weighted by atomic mass is 16.5. The van der Waals surface area contributed by atoms with Gasteiger partial charge in [0.25, 0.3) is 0 Å². The zero-order valence-corrected chi connectivity index (χ0v) is 17.3. The molecule has 28 heavy (non-hydrogen) atoms. The minimum absolute atomic E-state index is 0.00836. The maximum absolute atomic E-state index is 12.8. The van der Waals surface area contributed by atoms with Crippen molar-refractivity contribution in [3.63, 3.8) is 0 Å². The molecule has 0 saturated carbocycles. The van der Waals surface area contributed by atoms with E-state index < -0.39 is 6.04 Å². The average molecular weight is 388 g/mol. The Morgan fingerprint density at radius 3 is 2.43 bits per heavy atom. The number of amides is 2. The molecule has 2 heterocycles. The van der Waals surface area contributed by atoms with Crippen molar-refractivity contribution in [3.8, 4) is 5.75 Å². The van der Waals surface area contributed by atoms with Crippen molar-refractivity contribution in [2.24, 2.45) is 17.1 Å². The SMILES string of the molecule is COc1ccc(CC(N)C(=O)N2CCC3(CC2)CC(=O)N(CC(C)C)C3)cc1. The lowest BCUT2D eigenvalue weighted by molar-refractivity contribution is -0.134. The molecule has 1 atom stereocenters. The van der Waals surface area contributed by atoms with Gasteiger partial charge in [0.2, 0.25) is 11.8 Å². The van der Waals surface area contributed by atoms with Gasteiger partial charge in [-0.2, -0.15) is 0 Å². The van der Waals surface area contributed by atoms with Gasteiger partial charge in [-0.3, -0.25) is 9.59 Å². The van der Waals surface area contributed by atoms with Crippen LogP contribution in [-0.2, 0) is 16.0 Å². The molecule has 1 aromatic rings. The minimum Gasteiger partial charge on any atom is -0.497 e. The molecule has 2 saturated heterocycles. The molecule has 1 unspecified atom stereocenters. The van der Waals surface area contributed by atoms with Gasteiger partial charge in [0.15, 0.2) is 0 Å². The van der Waals surface area contributed by atoms with Crippen molar-refractivity contribution in [2.45, 2.75) is 45.6 Å². The number of carbonyl (C=O) groups is 2. The Kier molecular flexibility index (Phi) is 6.28. The van der Waals surface area contributed by atoms with E-state index in [-0.39, 0.29) is 17.2 Å². The van der Waals surface area contributed by atoms with Crippen LogP contribution in [0.4, 0.5) is 0 Å². The lowest BCUT2D eigenvalue weighted by Gasteiger charge is -2.39. The molecule has 6 heteroatoms. The first kappa shape index (κ1) is 20.6. The molecule has 0 aromatic heterocycles. The van der Waals surface area contributed by atoms with Crippen LogP contribution in [-0.4, -0.2) is 60.9 Å². The smallest absolute Gasteiger partial charge is 0.239 e. The molecule has 1 aromatic carbocycles. The summed E-state index contributed by atoms with van der Waals surface area (Å²) < 4.78 is 5.16. The second kappa shape index (κ2) is 8.52. The number of methoxy groups -OCH3 is 1. The Balaban J connectivity index is 1.52. The molecule has 154 valence electrons. The van der Waals surface area contributed by atoms with E-state index in [0.717, 1.165) is 37.2 Å². The van der Waals surface area contributed by atoms with Crippen molar-refractivity contribution < 1.29 is 14.3 Å². The van der Waals surface area contributed by atoms with Crippen molar-refractivity contribution >= 4 is 11.8 Å². The Hall–Kier alpha value is -2.08. The number of likely N-dealkylation sites (tertiary alicyclic amines) is 2. The van der Waals surface area contributed by atoms with Gasteiger partial charge in [-0.1, -0.05) is 26.0 Å². The molecule has 0 radical (unpaired) electrons. The molecule has 3 rings (SSSR count). The van der Waals surface area contributed by atoms with Crippen molar-refractivity contribution in [2.75, 3.05) is 33.3 Å². The van der Waals surface area contributed by atoms with Crippen LogP contribution >= 0.6 is 0 Å². The van der Waals surface area contributed by atoms with Crippen molar-refractivity contribution in [1.82, 2.24) is 9.80 Å². The van der Waals surface area contributed by atoms with E-state index in [9.17, 15) is 9.59 Å². The number of hydrogen-bond acceptors (Lipinski definition) is 4. The number of benzene rings is 1. The minimum atomic E-state index is -0.537. The predicted octanol–water partition coefficient (Wildman–Crippen LogP) is 2.06. The highest BCUT2D eigenvalue weighted by Crippen LogP contribution is 2.41. The molecule has 2 N–H and O–H groups in total. The van der Waals surface area contributed by atoms with Crippen molar-refractivity contribution in [1.29, 1.82) is 0 Å². The summed E-state index contributed by atoms with van der Waals surface area (Å²) >= 11 is 0. The molecule has 2 aliphatic heterocycles. The molecule has 1 spiro atoms. The summed E-state index contributed by atoms with van der Waals surface area (Å²) in [6, 6.07) is 7.13. The maximum atomic E-state index is 12.8. The average Bonchev–Trinajstić information content (AvgIpc) is 2.96. The van der Waals surface area contributed by atoms with Gasteiger partial charge < -0.3 is 20.3 Å². The Morgan fingerprint density at radius 2 is 1.86 bits per heavy atom. The van der Waals surface area contributed by atoms with Crippen LogP contribution in [0.5, 0.6) is 5.75 Å². The summed E-state index contributed by atoms with van der Waals surface area (Å²) in [5.41, 5.74) is 7.28. The normalized spacial score (nSPS) is 20.1. The summed E-state index contributed by atoms with van der Waals surface area (Å²) in [6.45, 7) is 7.34. The van der Waals surface area contributed by atoms with Gasteiger partial charge in [-0.25, -0.2) is 0 Å². The number of hydrogen-bond donors (Lipinski definition) is 1. The lowest BCUT2D eigenvalue weighted by Crippen LogP contribution is -2.50. The third-order valence-corrected chi connectivity index (χ3v) is 6.06. The molecule has 2 aliphatic rings. The van der Waals surface area contributed by atoms with Gasteiger partial charge in [-0.05, 0) is 42.9 Å². The number of ether oxygens (including phenoxy) is 1. The highest BCUT2D eigenvalue weighted by molar-refractivity contribution is 5.82. The summed E-state index contributed by atoms with van der Waals surface area (Å²) in [5.74, 6) is 1.55. The molecule has 6 nitrogen and oxygen atoms in total. The number of carbonyl (C=O) groups excluding carboxylic acids is 2. The zero-order valence-electron chi connectivity index (χ0n) is 17.3. The van der Waals surface area contributed by atoms with Crippen LogP contribution in [0.1, 0.15) is 38.7 Å². The Bertz CT molecular complexity index is 693. The van der Waals surface area contributed by atoms with E-state index in [1.165, 1.54) is 0 Å². The lowest BCUT2D eigenvalue weighted by atomic mass is 9.77. The van der Waals surface area contributed by atoms with Crippen LogP contribution in [0.15, 0.2) is 24.3 Å². The largest absolute Gasteiger partial charge is 0.497 e. The molecule has 2 amide bonds. The maximum Gasteiger partial charge on any atom is 0.239 e. The first-order chi connectivity index (χ1) is 13.3. The number of rotatable bonds is 6. The number of piperidine rings is 1. The summed E-state index contributed by atoms with van der Waals surface area (Å²) in [7, 11) is 1.63. The van der Waals surface area contributed by atoms with E-state index in [2.05, 4.69) is 13.8 Å². The number of nitrogens with two attached hydrogens (primary N) is 1. The van der Waals surface area contributed by atoms with Crippen molar-refractivity contribution in [3.05, 3.63) is 29.8 Å². The molecular weight excluding hydrogens is 354 g/mol. The highest BCUT2D eigenvalue weighted by Gasteiger charge is 2.45. The summed E-state index contributed by atoms with van der Waals surface area (Å²) in [5, 5.41) is 0. The fraction of sp³-hybridized carbons (Fsp3) is 0.636. The molecular formula is C22H33N3O3. The van der Waals surface area contributed by atoms with Gasteiger partial charge in [0.1, 0.15) is 5.75 Å². The van der Waals surface area contributed by atoms with E-state index in [1.807, 2.05) is 34.1 Å². The van der Waals surface area contributed by atoms with E-state index >= 15 is 0 Å². The summed E-state index contributed by atoms with van der Waals surface area (Å²) in [6.07, 6.45) is 2.91. The van der Waals surface area contributed by atoms with Crippen LogP contribution in [0.3, 0.4) is 0 Å². The van der Waals surface area contributed by atoms with Crippen LogP contribution in [0.25, 0.3) is 0 Å². The Morgan fingerprint density at radius 1 is 1.21 bits per heavy atom. The van der Waals surface area contributed by atoms with Gasteiger partial charge >= 0.3 is 0 Å². The Labute approximate surface area is 168 Å². The van der Waals surface area contributed by atoms with E-state index in [4.69, 9.17) is 10.5 Å². The van der Waals surface area contributed by atoms with Crippen LogP contribution in [0, 0.1) is 11.3 Å². The quantitative estimate of drug-likeness (QED) is 0.811. The molecule has 0 aliphatic carbocycles. The third kappa shape index (κ3) is 4.66. The second-order valence-electron chi connectivity index (χ2n) is 8.83. The summed E-state index contributed by atoms with van der Waals surface area (Å²) in [4.78, 5) is 29.1. The fourth-order valence-corrected chi connectivity index (χ4v) is 4.46. The van der Waals surface area contributed by atoms with Gasteiger partial charge in [0.05, 0.1) is 13.2 Å². The molecule has 2 fully saturated rings. The standard InChI is InChI=1S/C22H33N3O3/c1-16(2)14-25-15-22(13-20(25)26)8-10-24(11-9-22)21(27)19(23)12-17-4-6-18(28-3)7-5-17/h4-7,16,19H,8-15,23H2,1-3H3. The van der Waals surface area contributed by atoms with Crippen LogP contribution in [0.2, 0.25) is 0 Å². The zero-order chi connectivity index (χ0) is 20.3. The van der Waals surface area contributed by atoms with E-state index in [1.54, 1.807) is 7.11 Å². The fourth-order valence-electron chi connectivity index (χ4n) is 4.46. The number of nitrogens with zero attached hydrogens (tertiary/aromatic N) is 2. The third-order valence-electron chi connectivity index (χ3n) is 6.06. The van der Waals surface area contributed by atoms with E-state index in [0.29, 0.717) is 31.8 Å². The topological polar surface area (TPSA) is 75.9 Å². The second-order valence-corrected chi connectivity index (χ2v) is 8.83. The molecule has 0 bridgehead atoms. The van der Waals surface area contributed by atoms with Gasteiger partial charge in [-0.15, -0.1) is 0 Å². The first-order valence-electron chi connectivity index (χ1n) is 10.3.